The lowest BCUT2D eigenvalue weighted by atomic mass is 10.2. The minimum Gasteiger partial charge on any atom is -0.236 e. The number of hydrogen-bond donors (Lipinski definition) is 0. The molecule has 2 heteroatoms. The molecule has 11 heavy (non-hydrogen) atoms. The van der Waals surface area contributed by atoms with E-state index in [-0.39, 0.29) is 0 Å². The average Bonchev–Trinajstić information content (AvgIpc) is 2.04. The van der Waals surface area contributed by atoms with Gasteiger partial charge in [-0.2, -0.15) is 0 Å². The Balaban J connectivity index is 2.83. The Morgan fingerprint density at radius 2 is 2.18 bits per heavy atom. The highest BCUT2D eigenvalue weighted by molar-refractivity contribution is 6.29. The van der Waals surface area contributed by atoms with E-state index in [2.05, 4.69) is 11.1 Å². The molecular formula is C9H5ClN. The minimum atomic E-state index is 0.525. The molecule has 0 N–H and O–H groups in total. The molecule has 1 aromatic heterocycles. The summed E-state index contributed by atoms with van der Waals surface area (Å²) in [5.74, 6) is 0. The van der Waals surface area contributed by atoms with E-state index in [1.54, 1.807) is 6.07 Å². The molecule has 0 saturated carbocycles. The summed E-state index contributed by atoms with van der Waals surface area (Å²) in [5, 5.41) is 1.52. The van der Waals surface area contributed by atoms with E-state index in [0.29, 0.717) is 5.15 Å². The van der Waals surface area contributed by atoms with Crippen LogP contribution in [0.5, 0.6) is 0 Å². The number of aromatic nitrogens is 1. The normalized spacial score (nSPS) is 10.3. The fourth-order valence-electron chi connectivity index (χ4n) is 0.976. The van der Waals surface area contributed by atoms with E-state index in [4.69, 9.17) is 11.6 Å². The molecule has 0 spiro atoms. The molecule has 0 amide bonds. The van der Waals surface area contributed by atoms with E-state index in [0.717, 1.165) is 10.9 Å². The van der Waals surface area contributed by atoms with Gasteiger partial charge in [0.15, 0.2) is 0 Å². The number of hydrogen-bond acceptors (Lipinski definition) is 1. The second-order valence-corrected chi connectivity index (χ2v) is 2.62. The van der Waals surface area contributed by atoms with Crippen LogP contribution < -0.4 is 0 Å². The molecule has 1 heterocycles. The molecule has 0 aliphatic rings. The Hall–Kier alpha value is -1.08. The molecule has 2 rings (SSSR count). The SMILES string of the molecule is Clc1ccc2[c]cccc2n1. The Morgan fingerprint density at radius 1 is 1.27 bits per heavy atom. The van der Waals surface area contributed by atoms with Crippen molar-refractivity contribution in [3.63, 3.8) is 0 Å². The number of rotatable bonds is 0. The number of benzene rings is 1. The van der Waals surface area contributed by atoms with Crippen LogP contribution >= 0.6 is 11.6 Å². The summed E-state index contributed by atoms with van der Waals surface area (Å²) in [6.45, 7) is 0. The molecule has 0 fully saturated rings. The Labute approximate surface area is 69.6 Å². The summed E-state index contributed by atoms with van der Waals surface area (Å²) in [7, 11) is 0. The zero-order valence-corrected chi connectivity index (χ0v) is 6.47. The van der Waals surface area contributed by atoms with Gasteiger partial charge in [-0.25, -0.2) is 4.98 Å². The number of pyridine rings is 1. The van der Waals surface area contributed by atoms with E-state index in [1.807, 2.05) is 24.3 Å². The van der Waals surface area contributed by atoms with Gasteiger partial charge in [0.25, 0.3) is 0 Å². The maximum atomic E-state index is 5.69. The smallest absolute Gasteiger partial charge is 0.129 e. The Kier molecular flexibility index (Phi) is 1.51. The predicted octanol–water partition coefficient (Wildman–Crippen LogP) is 2.69. The highest BCUT2D eigenvalue weighted by atomic mass is 35.5. The lowest BCUT2D eigenvalue weighted by Gasteiger charge is -1.94. The van der Waals surface area contributed by atoms with E-state index in [9.17, 15) is 0 Å². The summed E-state index contributed by atoms with van der Waals surface area (Å²) < 4.78 is 0. The van der Waals surface area contributed by atoms with Gasteiger partial charge in [0.1, 0.15) is 5.15 Å². The highest BCUT2D eigenvalue weighted by Crippen LogP contribution is 2.13. The van der Waals surface area contributed by atoms with Crippen molar-refractivity contribution in [1.82, 2.24) is 4.98 Å². The average molecular weight is 163 g/mol. The summed E-state index contributed by atoms with van der Waals surface area (Å²) in [6.07, 6.45) is 0. The van der Waals surface area contributed by atoms with Crippen molar-refractivity contribution in [2.45, 2.75) is 0 Å². The van der Waals surface area contributed by atoms with Crippen molar-refractivity contribution in [2.24, 2.45) is 0 Å². The lowest BCUT2D eigenvalue weighted by molar-refractivity contribution is 1.41. The molecular weight excluding hydrogens is 158 g/mol. The first-order valence-corrected chi connectivity index (χ1v) is 3.67. The Bertz CT molecular complexity index is 384. The highest BCUT2D eigenvalue weighted by Gasteiger charge is 1.92. The van der Waals surface area contributed by atoms with Crippen LogP contribution in [-0.2, 0) is 0 Å². The maximum Gasteiger partial charge on any atom is 0.129 e. The first-order chi connectivity index (χ1) is 5.36. The van der Waals surface area contributed by atoms with Crippen molar-refractivity contribution in [2.75, 3.05) is 0 Å². The van der Waals surface area contributed by atoms with Crippen LogP contribution in [-0.4, -0.2) is 4.98 Å². The van der Waals surface area contributed by atoms with Gasteiger partial charge in [0.05, 0.1) is 5.52 Å². The van der Waals surface area contributed by atoms with E-state index in [1.165, 1.54) is 0 Å². The third-order valence-corrected chi connectivity index (χ3v) is 1.69. The van der Waals surface area contributed by atoms with Gasteiger partial charge in [-0.1, -0.05) is 23.7 Å². The first kappa shape index (κ1) is 6.62. The van der Waals surface area contributed by atoms with Crippen molar-refractivity contribution in [1.29, 1.82) is 0 Å². The quantitative estimate of drug-likeness (QED) is 0.543. The predicted molar refractivity (Wildman–Crippen MR) is 45.6 cm³/mol. The largest absolute Gasteiger partial charge is 0.236 e. The van der Waals surface area contributed by atoms with Gasteiger partial charge in [-0.3, -0.25) is 0 Å². The number of halogens is 1. The molecule has 1 nitrogen and oxygen atoms in total. The van der Waals surface area contributed by atoms with Gasteiger partial charge in [-0.05, 0) is 24.3 Å². The topological polar surface area (TPSA) is 12.9 Å². The molecule has 0 aliphatic heterocycles. The summed E-state index contributed by atoms with van der Waals surface area (Å²) in [6, 6.07) is 12.4. The third-order valence-electron chi connectivity index (χ3n) is 1.48. The molecule has 0 aliphatic carbocycles. The summed E-state index contributed by atoms with van der Waals surface area (Å²) >= 11 is 5.69. The molecule has 0 saturated heterocycles. The van der Waals surface area contributed by atoms with Crippen LogP contribution in [0.4, 0.5) is 0 Å². The van der Waals surface area contributed by atoms with E-state index < -0.39 is 0 Å². The molecule has 1 radical (unpaired) electrons. The number of nitrogens with zero attached hydrogens (tertiary/aromatic N) is 1. The minimum absolute atomic E-state index is 0.525. The van der Waals surface area contributed by atoms with Crippen molar-refractivity contribution in [3.05, 3.63) is 41.6 Å². The fraction of sp³-hybridized carbons (Fsp3) is 0. The second kappa shape index (κ2) is 2.51. The Morgan fingerprint density at radius 3 is 3.09 bits per heavy atom. The van der Waals surface area contributed by atoms with Crippen LogP contribution in [0.2, 0.25) is 5.15 Å². The van der Waals surface area contributed by atoms with Crippen molar-refractivity contribution in [3.8, 4) is 0 Å². The van der Waals surface area contributed by atoms with Gasteiger partial charge >= 0.3 is 0 Å². The molecule has 0 bridgehead atoms. The van der Waals surface area contributed by atoms with Crippen molar-refractivity contribution >= 4 is 22.5 Å². The summed E-state index contributed by atoms with van der Waals surface area (Å²) in [5.41, 5.74) is 0.889. The van der Waals surface area contributed by atoms with Crippen molar-refractivity contribution < 1.29 is 0 Å². The van der Waals surface area contributed by atoms with Gasteiger partial charge < -0.3 is 0 Å². The zero-order valence-electron chi connectivity index (χ0n) is 5.71. The third kappa shape index (κ3) is 1.19. The summed E-state index contributed by atoms with van der Waals surface area (Å²) in [4.78, 5) is 4.11. The van der Waals surface area contributed by atoms with Gasteiger partial charge in [0.2, 0.25) is 0 Å². The standard InChI is InChI=1S/C9H5ClN/c10-9-6-5-7-3-1-2-4-8(7)11-9/h1-2,4-6H. The molecule has 1 aromatic carbocycles. The fourth-order valence-corrected chi connectivity index (χ4v) is 1.13. The number of fused-ring (bicyclic) bond motifs is 1. The first-order valence-electron chi connectivity index (χ1n) is 3.29. The van der Waals surface area contributed by atoms with Crippen LogP contribution in [0.15, 0.2) is 30.3 Å². The van der Waals surface area contributed by atoms with Crippen LogP contribution in [0.1, 0.15) is 0 Å². The van der Waals surface area contributed by atoms with Crippen LogP contribution in [0.25, 0.3) is 10.9 Å². The molecule has 0 atom stereocenters. The molecule has 2 aromatic rings. The molecule has 53 valence electrons. The second-order valence-electron chi connectivity index (χ2n) is 2.24. The van der Waals surface area contributed by atoms with Crippen LogP contribution in [0, 0.1) is 6.07 Å². The molecule has 0 unspecified atom stereocenters. The van der Waals surface area contributed by atoms with Gasteiger partial charge in [-0.15, -0.1) is 0 Å². The lowest BCUT2D eigenvalue weighted by Crippen LogP contribution is -1.77. The monoisotopic (exact) mass is 162 g/mol. The van der Waals surface area contributed by atoms with Gasteiger partial charge in [0, 0.05) is 5.39 Å². The van der Waals surface area contributed by atoms with Crippen LogP contribution in [0.3, 0.4) is 0 Å². The maximum absolute atomic E-state index is 5.69. The zero-order chi connectivity index (χ0) is 7.68. The van der Waals surface area contributed by atoms with E-state index >= 15 is 0 Å².